The number of nitrogens with one attached hydrogen (secondary N) is 1. The van der Waals surface area contributed by atoms with Gasteiger partial charge in [0, 0.05) is 6.04 Å². The van der Waals surface area contributed by atoms with E-state index in [1.54, 1.807) is 0 Å². The molecule has 1 atom stereocenters. The highest BCUT2D eigenvalue weighted by Crippen LogP contribution is 2.07. The standard InChI is InChI=1S/C12H19NO2S/c1-4-11(3)13-16(14,15)9-12-7-5-10(2)6-8-12/h5-8,11,13H,4,9H2,1-3H3/t11-/m0/s1. The van der Waals surface area contributed by atoms with Gasteiger partial charge in [0.05, 0.1) is 5.75 Å². The van der Waals surface area contributed by atoms with Crippen molar-refractivity contribution in [3.63, 3.8) is 0 Å². The normalized spacial score (nSPS) is 13.7. The minimum absolute atomic E-state index is 0.00421. The second-order valence-electron chi connectivity index (χ2n) is 4.17. The first-order chi connectivity index (χ1) is 7.43. The average Bonchev–Trinajstić information content (AvgIpc) is 2.20. The van der Waals surface area contributed by atoms with Crippen LogP contribution in [0.5, 0.6) is 0 Å². The Hall–Kier alpha value is -0.870. The first kappa shape index (κ1) is 13.2. The van der Waals surface area contributed by atoms with Gasteiger partial charge < -0.3 is 0 Å². The van der Waals surface area contributed by atoms with Gasteiger partial charge in [-0.1, -0.05) is 36.8 Å². The predicted octanol–water partition coefficient (Wildman–Crippen LogP) is 2.21. The van der Waals surface area contributed by atoms with Crippen LogP contribution in [0.4, 0.5) is 0 Å². The van der Waals surface area contributed by atoms with Crippen molar-refractivity contribution in [1.82, 2.24) is 4.72 Å². The highest BCUT2D eigenvalue weighted by atomic mass is 32.2. The molecule has 1 N–H and O–H groups in total. The molecule has 1 aromatic rings. The summed E-state index contributed by atoms with van der Waals surface area (Å²) >= 11 is 0. The third-order valence-corrected chi connectivity index (χ3v) is 3.95. The molecule has 0 amide bonds. The molecule has 1 rings (SSSR count). The van der Waals surface area contributed by atoms with Gasteiger partial charge in [-0.3, -0.25) is 0 Å². The zero-order chi connectivity index (χ0) is 12.2. The number of benzene rings is 1. The largest absolute Gasteiger partial charge is 0.216 e. The van der Waals surface area contributed by atoms with Gasteiger partial charge in [-0.25, -0.2) is 13.1 Å². The van der Waals surface area contributed by atoms with Crippen LogP contribution in [0, 0.1) is 6.92 Å². The number of hydrogen-bond donors (Lipinski definition) is 1. The molecule has 0 radical (unpaired) electrons. The lowest BCUT2D eigenvalue weighted by Gasteiger charge is -2.12. The van der Waals surface area contributed by atoms with Gasteiger partial charge in [-0.15, -0.1) is 0 Å². The minimum atomic E-state index is -3.21. The fourth-order valence-electron chi connectivity index (χ4n) is 1.34. The Balaban J connectivity index is 2.69. The highest BCUT2D eigenvalue weighted by molar-refractivity contribution is 7.88. The molecule has 1 aromatic carbocycles. The van der Waals surface area contributed by atoms with Crippen LogP contribution in [0.15, 0.2) is 24.3 Å². The van der Waals surface area contributed by atoms with E-state index in [1.165, 1.54) is 0 Å². The lowest BCUT2D eigenvalue weighted by atomic mass is 10.2. The van der Waals surface area contributed by atoms with E-state index in [0.717, 1.165) is 17.5 Å². The molecule has 90 valence electrons. The summed E-state index contributed by atoms with van der Waals surface area (Å²) in [6, 6.07) is 7.55. The smallest absolute Gasteiger partial charge is 0.212 e. The molecule has 4 heteroatoms. The Kier molecular flexibility index (Phi) is 4.50. The summed E-state index contributed by atoms with van der Waals surface area (Å²) < 4.78 is 26.1. The number of sulfonamides is 1. The molecular formula is C12H19NO2S. The average molecular weight is 241 g/mol. The summed E-state index contributed by atoms with van der Waals surface area (Å²) in [5.74, 6) is 0.0532. The SMILES string of the molecule is CC[C@H](C)NS(=O)(=O)Cc1ccc(C)cc1. The van der Waals surface area contributed by atoms with Crippen molar-refractivity contribution < 1.29 is 8.42 Å². The van der Waals surface area contributed by atoms with E-state index in [1.807, 2.05) is 45.0 Å². The Labute approximate surface area is 97.9 Å². The summed E-state index contributed by atoms with van der Waals surface area (Å²) in [5.41, 5.74) is 1.96. The van der Waals surface area contributed by atoms with Crippen LogP contribution in [0.25, 0.3) is 0 Å². The molecule has 16 heavy (non-hydrogen) atoms. The van der Waals surface area contributed by atoms with Crippen LogP contribution in [0.2, 0.25) is 0 Å². The molecule has 0 aliphatic carbocycles. The van der Waals surface area contributed by atoms with Crippen molar-refractivity contribution >= 4 is 10.0 Å². The van der Waals surface area contributed by atoms with Crippen molar-refractivity contribution in [3.8, 4) is 0 Å². The lowest BCUT2D eigenvalue weighted by molar-refractivity contribution is 0.555. The van der Waals surface area contributed by atoms with Crippen molar-refractivity contribution in [2.24, 2.45) is 0 Å². The maximum absolute atomic E-state index is 11.7. The van der Waals surface area contributed by atoms with Gasteiger partial charge in [0.2, 0.25) is 10.0 Å². The minimum Gasteiger partial charge on any atom is -0.212 e. The topological polar surface area (TPSA) is 46.2 Å². The summed E-state index contributed by atoms with van der Waals surface area (Å²) in [6.45, 7) is 5.81. The molecule has 0 spiro atoms. The molecule has 0 bridgehead atoms. The van der Waals surface area contributed by atoms with Gasteiger partial charge >= 0.3 is 0 Å². The number of aryl methyl sites for hydroxylation is 1. The third kappa shape index (κ3) is 4.33. The first-order valence-electron chi connectivity index (χ1n) is 5.48. The van der Waals surface area contributed by atoms with E-state index in [0.29, 0.717) is 0 Å². The van der Waals surface area contributed by atoms with E-state index >= 15 is 0 Å². The van der Waals surface area contributed by atoms with Crippen LogP contribution in [0.3, 0.4) is 0 Å². The summed E-state index contributed by atoms with van der Waals surface area (Å²) in [7, 11) is -3.21. The predicted molar refractivity (Wildman–Crippen MR) is 66.7 cm³/mol. The lowest BCUT2D eigenvalue weighted by Crippen LogP contribution is -2.32. The van der Waals surface area contributed by atoms with Gasteiger partial charge in [-0.2, -0.15) is 0 Å². The fraction of sp³-hybridized carbons (Fsp3) is 0.500. The molecule has 0 aliphatic rings. The van der Waals surface area contributed by atoms with Crippen molar-refractivity contribution in [3.05, 3.63) is 35.4 Å². The summed E-state index contributed by atoms with van der Waals surface area (Å²) in [6.07, 6.45) is 0.799. The maximum atomic E-state index is 11.7. The second-order valence-corrected chi connectivity index (χ2v) is 5.93. The van der Waals surface area contributed by atoms with Crippen LogP contribution >= 0.6 is 0 Å². The Morgan fingerprint density at radius 2 is 1.81 bits per heavy atom. The molecular weight excluding hydrogens is 222 g/mol. The Bertz CT molecular complexity index is 423. The zero-order valence-corrected chi connectivity index (χ0v) is 10.8. The fourth-order valence-corrected chi connectivity index (χ4v) is 2.83. The van der Waals surface area contributed by atoms with Crippen molar-refractivity contribution in [2.75, 3.05) is 0 Å². The molecule has 0 aliphatic heterocycles. The van der Waals surface area contributed by atoms with E-state index < -0.39 is 10.0 Å². The maximum Gasteiger partial charge on any atom is 0.216 e. The van der Waals surface area contributed by atoms with Crippen LogP contribution in [-0.2, 0) is 15.8 Å². The summed E-state index contributed by atoms with van der Waals surface area (Å²) in [5, 5.41) is 0. The van der Waals surface area contributed by atoms with Crippen LogP contribution < -0.4 is 4.72 Å². The molecule has 0 saturated heterocycles. The monoisotopic (exact) mass is 241 g/mol. The molecule has 0 unspecified atom stereocenters. The molecule has 0 heterocycles. The first-order valence-corrected chi connectivity index (χ1v) is 7.13. The van der Waals surface area contributed by atoms with Gasteiger partial charge in [-0.05, 0) is 25.8 Å². The molecule has 0 fully saturated rings. The van der Waals surface area contributed by atoms with E-state index in [9.17, 15) is 8.42 Å². The number of hydrogen-bond acceptors (Lipinski definition) is 2. The summed E-state index contributed by atoms with van der Waals surface area (Å²) in [4.78, 5) is 0. The quantitative estimate of drug-likeness (QED) is 0.859. The highest BCUT2D eigenvalue weighted by Gasteiger charge is 2.13. The van der Waals surface area contributed by atoms with Gasteiger partial charge in [0.15, 0.2) is 0 Å². The zero-order valence-electron chi connectivity index (χ0n) is 10.0. The van der Waals surface area contributed by atoms with Gasteiger partial charge in [0.25, 0.3) is 0 Å². The Morgan fingerprint density at radius 1 is 1.25 bits per heavy atom. The molecule has 3 nitrogen and oxygen atoms in total. The Morgan fingerprint density at radius 3 is 2.31 bits per heavy atom. The van der Waals surface area contributed by atoms with E-state index in [4.69, 9.17) is 0 Å². The molecule has 0 aromatic heterocycles. The molecule has 0 saturated carbocycles. The van der Waals surface area contributed by atoms with Crippen molar-refractivity contribution in [1.29, 1.82) is 0 Å². The third-order valence-electron chi connectivity index (χ3n) is 2.47. The second kappa shape index (κ2) is 5.46. The number of rotatable bonds is 5. The van der Waals surface area contributed by atoms with Crippen LogP contribution in [0.1, 0.15) is 31.4 Å². The van der Waals surface area contributed by atoms with Crippen LogP contribution in [-0.4, -0.2) is 14.5 Å². The van der Waals surface area contributed by atoms with Gasteiger partial charge in [0.1, 0.15) is 0 Å². The van der Waals surface area contributed by atoms with E-state index in [-0.39, 0.29) is 11.8 Å². The van der Waals surface area contributed by atoms with E-state index in [2.05, 4.69) is 4.72 Å². The van der Waals surface area contributed by atoms with Crippen molar-refractivity contribution in [2.45, 2.75) is 39.0 Å².